The Bertz CT molecular complexity index is 593. The normalized spacial score (nSPS) is 19.6. The summed E-state index contributed by atoms with van der Waals surface area (Å²) in [5, 5.41) is 5.04. The van der Waals surface area contributed by atoms with E-state index in [1.165, 1.54) is 24.3 Å². The molecule has 5 nitrogen and oxygen atoms in total. The third-order valence-corrected chi connectivity index (χ3v) is 4.69. The minimum Gasteiger partial charge on any atom is -0.335 e. The zero-order valence-corrected chi connectivity index (χ0v) is 12.6. The van der Waals surface area contributed by atoms with Gasteiger partial charge in [-0.05, 0) is 43.0 Å². The lowest BCUT2D eigenvalue weighted by atomic mass is 10.0. The number of nitrogens with two attached hydrogens (primary N) is 1. The molecule has 1 heterocycles. The summed E-state index contributed by atoms with van der Waals surface area (Å²) in [6.45, 7) is 4.99. The second kappa shape index (κ2) is 5.54. The third kappa shape index (κ3) is 3.02. The predicted molar refractivity (Wildman–Crippen MR) is 76.7 cm³/mol. The van der Waals surface area contributed by atoms with Crippen molar-refractivity contribution in [3.8, 4) is 0 Å². The Balaban J connectivity index is 2.21. The average Bonchev–Trinajstić information content (AvgIpc) is 2.86. The molecule has 6 heteroatoms. The van der Waals surface area contributed by atoms with E-state index in [0.29, 0.717) is 11.5 Å². The second-order valence-electron chi connectivity index (χ2n) is 5.52. The van der Waals surface area contributed by atoms with Crippen LogP contribution in [0.25, 0.3) is 0 Å². The number of sulfonamides is 1. The molecule has 0 aliphatic carbocycles. The van der Waals surface area contributed by atoms with Gasteiger partial charge in [-0.15, -0.1) is 0 Å². The van der Waals surface area contributed by atoms with Gasteiger partial charge < -0.3 is 4.90 Å². The number of nitrogens with zero attached hydrogens (tertiary/aromatic N) is 1. The summed E-state index contributed by atoms with van der Waals surface area (Å²) in [4.78, 5) is 14.4. The maximum Gasteiger partial charge on any atom is 0.254 e. The molecule has 0 bridgehead atoms. The van der Waals surface area contributed by atoms with Crippen LogP contribution in [0, 0.1) is 5.92 Å². The van der Waals surface area contributed by atoms with Gasteiger partial charge in [-0.3, -0.25) is 4.79 Å². The zero-order chi connectivity index (χ0) is 14.9. The standard InChI is InChI=1S/C14H20N2O3S/c1-10(2)13-4-3-9-16(13)14(17)11-5-7-12(8-6-11)20(15,18)19/h5-8,10,13H,3-4,9H2,1-2H3,(H2,15,18,19). The monoisotopic (exact) mass is 296 g/mol. The highest BCUT2D eigenvalue weighted by Gasteiger charge is 2.31. The first-order valence-corrected chi connectivity index (χ1v) is 8.29. The van der Waals surface area contributed by atoms with Crippen molar-refractivity contribution in [3.63, 3.8) is 0 Å². The lowest BCUT2D eigenvalue weighted by Gasteiger charge is -2.27. The Hall–Kier alpha value is -1.40. The Labute approximate surface area is 119 Å². The highest BCUT2D eigenvalue weighted by atomic mass is 32.2. The van der Waals surface area contributed by atoms with Crippen LogP contribution in [0.4, 0.5) is 0 Å². The van der Waals surface area contributed by atoms with E-state index in [4.69, 9.17) is 5.14 Å². The molecule has 2 rings (SSSR count). The molecule has 1 fully saturated rings. The van der Waals surface area contributed by atoms with Gasteiger partial charge in [0.1, 0.15) is 0 Å². The van der Waals surface area contributed by atoms with Gasteiger partial charge in [-0.2, -0.15) is 0 Å². The van der Waals surface area contributed by atoms with Crippen LogP contribution in [-0.2, 0) is 10.0 Å². The van der Waals surface area contributed by atoms with Crippen molar-refractivity contribution in [2.75, 3.05) is 6.54 Å². The number of primary sulfonamides is 1. The van der Waals surface area contributed by atoms with Crippen LogP contribution in [-0.4, -0.2) is 31.8 Å². The molecule has 20 heavy (non-hydrogen) atoms. The first-order valence-electron chi connectivity index (χ1n) is 6.74. The van der Waals surface area contributed by atoms with Gasteiger partial charge >= 0.3 is 0 Å². The van der Waals surface area contributed by atoms with E-state index < -0.39 is 10.0 Å². The molecule has 0 aromatic heterocycles. The van der Waals surface area contributed by atoms with Crippen molar-refractivity contribution in [1.82, 2.24) is 4.90 Å². The lowest BCUT2D eigenvalue weighted by Crippen LogP contribution is -2.38. The summed E-state index contributed by atoms with van der Waals surface area (Å²) in [5.41, 5.74) is 0.505. The highest BCUT2D eigenvalue weighted by Crippen LogP contribution is 2.25. The molecule has 1 amide bonds. The average molecular weight is 296 g/mol. The largest absolute Gasteiger partial charge is 0.335 e. The van der Waals surface area contributed by atoms with Crippen molar-refractivity contribution >= 4 is 15.9 Å². The summed E-state index contributed by atoms with van der Waals surface area (Å²) in [6.07, 6.45) is 2.04. The molecule has 0 radical (unpaired) electrons. The maximum atomic E-state index is 12.5. The van der Waals surface area contributed by atoms with Gasteiger partial charge in [0.2, 0.25) is 10.0 Å². The van der Waals surface area contributed by atoms with Gasteiger partial charge in [-0.1, -0.05) is 13.8 Å². The van der Waals surface area contributed by atoms with E-state index in [2.05, 4.69) is 13.8 Å². The van der Waals surface area contributed by atoms with Crippen LogP contribution >= 0.6 is 0 Å². The SMILES string of the molecule is CC(C)C1CCCN1C(=O)c1ccc(S(N)(=O)=O)cc1. The first kappa shape index (κ1) is 15.0. The summed E-state index contributed by atoms with van der Waals surface area (Å²) in [5.74, 6) is 0.382. The van der Waals surface area contributed by atoms with Gasteiger partial charge in [0, 0.05) is 18.2 Å². The fraction of sp³-hybridized carbons (Fsp3) is 0.500. The molecular formula is C14H20N2O3S. The van der Waals surface area contributed by atoms with Crippen LogP contribution in [0.5, 0.6) is 0 Å². The van der Waals surface area contributed by atoms with E-state index in [0.717, 1.165) is 19.4 Å². The molecule has 110 valence electrons. The molecule has 2 N–H and O–H groups in total. The molecule has 1 aromatic carbocycles. The molecule has 0 spiro atoms. The summed E-state index contributed by atoms with van der Waals surface area (Å²) >= 11 is 0. The van der Waals surface area contributed by atoms with Gasteiger partial charge in [0.15, 0.2) is 0 Å². The molecule has 1 aliphatic heterocycles. The fourth-order valence-corrected chi connectivity index (χ4v) is 3.21. The van der Waals surface area contributed by atoms with E-state index in [1.54, 1.807) is 0 Å². The van der Waals surface area contributed by atoms with Crippen molar-refractivity contribution in [1.29, 1.82) is 0 Å². The smallest absolute Gasteiger partial charge is 0.254 e. The highest BCUT2D eigenvalue weighted by molar-refractivity contribution is 7.89. The van der Waals surface area contributed by atoms with E-state index in [-0.39, 0.29) is 16.8 Å². The number of likely N-dealkylation sites (tertiary alicyclic amines) is 1. The Morgan fingerprint density at radius 1 is 1.30 bits per heavy atom. The number of hydrogen-bond donors (Lipinski definition) is 1. The van der Waals surface area contributed by atoms with E-state index in [1.807, 2.05) is 4.90 Å². The Kier molecular flexibility index (Phi) is 4.15. The van der Waals surface area contributed by atoms with E-state index in [9.17, 15) is 13.2 Å². The molecule has 1 saturated heterocycles. The topological polar surface area (TPSA) is 80.5 Å². The van der Waals surface area contributed by atoms with Crippen molar-refractivity contribution in [2.24, 2.45) is 11.1 Å². The summed E-state index contributed by atoms with van der Waals surface area (Å²) in [7, 11) is -3.71. The number of benzene rings is 1. The Morgan fingerprint density at radius 3 is 2.40 bits per heavy atom. The molecule has 1 atom stereocenters. The molecular weight excluding hydrogens is 276 g/mol. The van der Waals surface area contributed by atoms with Gasteiger partial charge in [-0.25, -0.2) is 13.6 Å². The van der Waals surface area contributed by atoms with Crippen molar-refractivity contribution in [2.45, 2.75) is 37.6 Å². The minimum atomic E-state index is -3.71. The summed E-state index contributed by atoms with van der Waals surface area (Å²) in [6, 6.07) is 6.07. The van der Waals surface area contributed by atoms with Crippen molar-refractivity contribution in [3.05, 3.63) is 29.8 Å². The second-order valence-corrected chi connectivity index (χ2v) is 7.08. The van der Waals surface area contributed by atoms with Gasteiger partial charge in [0.05, 0.1) is 4.90 Å². The number of rotatable bonds is 3. The molecule has 0 saturated carbocycles. The van der Waals surface area contributed by atoms with E-state index >= 15 is 0 Å². The number of hydrogen-bond acceptors (Lipinski definition) is 3. The number of carbonyl (C=O) groups excluding carboxylic acids is 1. The molecule has 1 aliphatic rings. The quantitative estimate of drug-likeness (QED) is 0.920. The number of amides is 1. The molecule has 1 aromatic rings. The van der Waals surface area contributed by atoms with Crippen LogP contribution < -0.4 is 5.14 Å². The number of carbonyl (C=O) groups is 1. The summed E-state index contributed by atoms with van der Waals surface area (Å²) < 4.78 is 22.4. The Morgan fingerprint density at radius 2 is 1.90 bits per heavy atom. The third-order valence-electron chi connectivity index (χ3n) is 3.76. The zero-order valence-electron chi connectivity index (χ0n) is 11.7. The van der Waals surface area contributed by atoms with Crippen molar-refractivity contribution < 1.29 is 13.2 Å². The predicted octanol–water partition coefficient (Wildman–Crippen LogP) is 1.59. The minimum absolute atomic E-state index is 0.0240. The van der Waals surface area contributed by atoms with Crippen LogP contribution in [0.3, 0.4) is 0 Å². The molecule has 1 unspecified atom stereocenters. The lowest BCUT2D eigenvalue weighted by molar-refractivity contribution is 0.0701. The van der Waals surface area contributed by atoms with Gasteiger partial charge in [0.25, 0.3) is 5.91 Å². The maximum absolute atomic E-state index is 12.5. The van der Waals surface area contributed by atoms with Crippen LogP contribution in [0.15, 0.2) is 29.2 Å². The van der Waals surface area contributed by atoms with Crippen LogP contribution in [0.2, 0.25) is 0 Å². The fourth-order valence-electron chi connectivity index (χ4n) is 2.69. The first-order chi connectivity index (χ1) is 9.30. The van der Waals surface area contributed by atoms with Crippen LogP contribution in [0.1, 0.15) is 37.0 Å².